The van der Waals surface area contributed by atoms with E-state index in [2.05, 4.69) is 60.3 Å². The first kappa shape index (κ1) is 24.2. The van der Waals surface area contributed by atoms with E-state index in [9.17, 15) is 10.1 Å². The Hall–Kier alpha value is -2.49. The second-order valence-corrected chi connectivity index (χ2v) is 11.7. The molecule has 1 heterocycles. The molecular weight excluding hydrogens is 452 g/mol. The zero-order chi connectivity index (χ0) is 24.6. The number of rotatable bonds is 6. The molecule has 0 N–H and O–H groups in total. The molecule has 184 valence electrons. The average molecular weight is 489 g/mol. The van der Waals surface area contributed by atoms with Crippen molar-refractivity contribution in [1.82, 2.24) is 9.80 Å². The topological polar surface area (TPSA) is 50.6 Å². The number of benzene rings is 2. The van der Waals surface area contributed by atoms with Crippen LogP contribution in [-0.4, -0.2) is 54.8 Å². The summed E-state index contributed by atoms with van der Waals surface area (Å²) in [6.07, 6.45) is 9.70. The van der Waals surface area contributed by atoms with Crippen LogP contribution in [0.1, 0.15) is 56.1 Å². The van der Waals surface area contributed by atoms with Gasteiger partial charge in [-0.25, -0.2) is 4.79 Å². The van der Waals surface area contributed by atoms with Gasteiger partial charge in [-0.05, 0) is 88.6 Å². The van der Waals surface area contributed by atoms with E-state index in [-0.39, 0.29) is 17.1 Å². The van der Waals surface area contributed by atoms with Crippen LogP contribution in [0.5, 0.6) is 0 Å². The first-order valence-electron chi connectivity index (χ1n) is 12.8. The van der Waals surface area contributed by atoms with Crippen molar-refractivity contribution < 1.29 is 4.79 Å². The fraction of sp³-hybridized carbons (Fsp3) is 0.517. The number of hydrogen-bond donors (Lipinski definition) is 0. The van der Waals surface area contributed by atoms with Gasteiger partial charge in [-0.15, -0.1) is 11.8 Å². The highest BCUT2D eigenvalue weighted by atomic mass is 32.2. The molecule has 2 saturated carbocycles. The minimum Gasteiger partial charge on any atom is -0.317 e. The molecule has 35 heavy (non-hydrogen) atoms. The molecule has 2 amide bonds. The number of thioether (sulfide) groups is 1. The predicted octanol–water partition coefficient (Wildman–Crippen LogP) is 6.09. The maximum atomic E-state index is 14.0. The van der Waals surface area contributed by atoms with Crippen molar-refractivity contribution >= 4 is 23.5 Å². The summed E-state index contributed by atoms with van der Waals surface area (Å²) in [5.74, 6) is 0.611. The van der Waals surface area contributed by atoms with Crippen molar-refractivity contribution in [3.05, 3.63) is 59.7 Å². The Labute approximate surface area is 214 Å². The van der Waals surface area contributed by atoms with Gasteiger partial charge in [-0.2, -0.15) is 5.26 Å². The first-order chi connectivity index (χ1) is 16.9. The van der Waals surface area contributed by atoms with Crippen molar-refractivity contribution in [3.8, 4) is 6.07 Å². The second kappa shape index (κ2) is 9.52. The number of nitriles is 1. The van der Waals surface area contributed by atoms with Crippen molar-refractivity contribution in [3.63, 3.8) is 0 Å². The Morgan fingerprint density at radius 2 is 1.80 bits per heavy atom. The van der Waals surface area contributed by atoms with E-state index in [0.717, 1.165) is 42.8 Å². The first-order valence-corrected chi connectivity index (χ1v) is 14.1. The number of urea groups is 1. The van der Waals surface area contributed by atoms with Gasteiger partial charge in [-0.1, -0.05) is 36.8 Å². The van der Waals surface area contributed by atoms with Crippen molar-refractivity contribution in [2.24, 2.45) is 5.92 Å². The maximum Gasteiger partial charge on any atom is 0.325 e. The van der Waals surface area contributed by atoms with Crippen LogP contribution in [0.2, 0.25) is 0 Å². The molecule has 3 aliphatic rings. The lowest BCUT2D eigenvalue weighted by Crippen LogP contribution is -2.56. The molecular formula is C29H36N4OS. The van der Waals surface area contributed by atoms with Crippen molar-refractivity contribution in [2.75, 3.05) is 38.3 Å². The maximum absolute atomic E-state index is 14.0. The van der Waals surface area contributed by atoms with Crippen LogP contribution in [-0.2, 0) is 5.54 Å². The summed E-state index contributed by atoms with van der Waals surface area (Å²) in [6.45, 7) is 1.52. The van der Waals surface area contributed by atoms with Crippen molar-refractivity contribution in [1.29, 1.82) is 5.26 Å². The van der Waals surface area contributed by atoms with E-state index in [1.54, 1.807) is 11.8 Å². The van der Waals surface area contributed by atoms with E-state index in [1.807, 2.05) is 29.4 Å². The summed E-state index contributed by atoms with van der Waals surface area (Å²) in [5, 5.41) is 9.88. The third-order valence-corrected chi connectivity index (χ3v) is 9.67. The number of hydrogen-bond acceptors (Lipinski definition) is 4. The Morgan fingerprint density at radius 1 is 1.09 bits per heavy atom. The molecule has 1 spiro atoms. The van der Waals surface area contributed by atoms with Crippen LogP contribution in [0.25, 0.3) is 0 Å². The van der Waals surface area contributed by atoms with E-state index >= 15 is 0 Å². The van der Waals surface area contributed by atoms with Crippen molar-refractivity contribution in [2.45, 2.75) is 60.9 Å². The molecule has 2 aromatic rings. The summed E-state index contributed by atoms with van der Waals surface area (Å²) in [7, 11) is 4.38. The van der Waals surface area contributed by atoms with Gasteiger partial charge in [0.15, 0.2) is 0 Å². The van der Waals surface area contributed by atoms with Gasteiger partial charge in [0.1, 0.15) is 6.07 Å². The van der Waals surface area contributed by atoms with E-state index in [1.165, 1.54) is 24.8 Å². The van der Waals surface area contributed by atoms with Gasteiger partial charge in [0.2, 0.25) is 0 Å². The summed E-state index contributed by atoms with van der Waals surface area (Å²) >= 11 is 1.62. The summed E-state index contributed by atoms with van der Waals surface area (Å²) in [5.41, 5.74) is 2.53. The number of amides is 2. The van der Waals surface area contributed by atoms with Crippen LogP contribution in [0.15, 0.2) is 53.4 Å². The van der Waals surface area contributed by atoms with Gasteiger partial charge in [0.25, 0.3) is 0 Å². The number of anilines is 1. The molecule has 3 fully saturated rings. The van der Waals surface area contributed by atoms with Crippen LogP contribution < -0.4 is 4.90 Å². The molecule has 0 radical (unpaired) electrons. The Kier molecular flexibility index (Phi) is 6.59. The predicted molar refractivity (Wildman–Crippen MR) is 143 cm³/mol. The molecule has 5 nitrogen and oxygen atoms in total. The molecule has 0 atom stereocenters. The second-order valence-electron chi connectivity index (χ2n) is 10.8. The minimum absolute atomic E-state index is 0.0110. The highest BCUT2D eigenvalue weighted by Gasteiger charge is 2.55. The minimum atomic E-state index is -0.175. The zero-order valence-electron chi connectivity index (χ0n) is 21.2. The summed E-state index contributed by atoms with van der Waals surface area (Å²) < 4.78 is 0. The lowest BCUT2D eigenvalue weighted by Gasteiger charge is -2.51. The van der Waals surface area contributed by atoms with Gasteiger partial charge in [0.05, 0.1) is 23.3 Å². The third kappa shape index (κ3) is 4.13. The van der Waals surface area contributed by atoms with E-state index in [4.69, 9.17) is 0 Å². The molecule has 0 bridgehead atoms. The van der Waals surface area contributed by atoms with Gasteiger partial charge < -0.3 is 4.90 Å². The third-order valence-electron chi connectivity index (χ3n) is 8.94. The van der Waals surface area contributed by atoms with Crippen LogP contribution in [0.4, 0.5) is 10.5 Å². The largest absolute Gasteiger partial charge is 0.325 e. The smallest absolute Gasteiger partial charge is 0.317 e. The number of carbonyl (C=O) groups is 1. The quantitative estimate of drug-likeness (QED) is 0.462. The monoisotopic (exact) mass is 488 g/mol. The standard InChI is InChI=1S/C29H36N4OS/c1-31(2)29(24-10-5-4-6-11-24)16-14-28(15-17-29)21-32(27(34)33(28)20-22-8-7-9-22)26-13-12-25(35-3)18-23(26)19-30/h4-6,10-13,18,22H,7-9,14-17,20-21H2,1-3H3. The fourth-order valence-corrected chi connectivity index (χ4v) is 6.90. The molecule has 2 aromatic carbocycles. The van der Waals surface area contributed by atoms with Crippen LogP contribution in [0.3, 0.4) is 0 Å². The highest BCUT2D eigenvalue weighted by Crippen LogP contribution is 2.50. The molecule has 0 aromatic heterocycles. The average Bonchev–Trinajstić information content (AvgIpc) is 3.12. The molecule has 6 heteroatoms. The molecule has 1 saturated heterocycles. The molecule has 2 aliphatic carbocycles. The molecule has 0 unspecified atom stereocenters. The van der Waals surface area contributed by atoms with Gasteiger partial charge in [-0.3, -0.25) is 9.80 Å². The Morgan fingerprint density at radius 3 is 2.37 bits per heavy atom. The summed E-state index contributed by atoms with van der Waals surface area (Å²) in [6, 6.07) is 19.2. The van der Waals surface area contributed by atoms with Gasteiger partial charge in [0, 0.05) is 17.0 Å². The normalized spacial score (nSPS) is 26.9. The Balaban J connectivity index is 1.48. The molecule has 5 rings (SSSR count). The van der Waals surface area contributed by atoms with E-state index in [0.29, 0.717) is 18.0 Å². The fourth-order valence-electron chi connectivity index (χ4n) is 6.46. The number of nitrogens with zero attached hydrogens (tertiary/aromatic N) is 4. The Bertz CT molecular complexity index is 1110. The zero-order valence-corrected chi connectivity index (χ0v) is 22.0. The number of carbonyl (C=O) groups excluding carboxylic acids is 1. The lowest BCUT2D eigenvalue weighted by atomic mass is 9.68. The lowest BCUT2D eigenvalue weighted by molar-refractivity contribution is 0.0172. The SMILES string of the molecule is CSc1ccc(N2CC3(CCC(c4ccccc4)(N(C)C)CC3)N(CC3CCC3)C2=O)c(C#N)c1. The van der Waals surface area contributed by atoms with Crippen LogP contribution >= 0.6 is 11.8 Å². The van der Waals surface area contributed by atoms with E-state index < -0.39 is 0 Å². The molecule has 1 aliphatic heterocycles. The summed E-state index contributed by atoms with van der Waals surface area (Å²) in [4.78, 5) is 21.5. The van der Waals surface area contributed by atoms with Crippen LogP contribution in [0, 0.1) is 17.2 Å². The van der Waals surface area contributed by atoms with Gasteiger partial charge >= 0.3 is 6.03 Å². The highest BCUT2D eigenvalue weighted by molar-refractivity contribution is 7.98.